The van der Waals surface area contributed by atoms with Crippen LogP contribution in [0.25, 0.3) is 0 Å². The summed E-state index contributed by atoms with van der Waals surface area (Å²) in [5.41, 5.74) is 1.85. The van der Waals surface area contributed by atoms with Crippen LogP contribution in [0.15, 0.2) is 47.6 Å². The van der Waals surface area contributed by atoms with Gasteiger partial charge in [0, 0.05) is 13.1 Å². The Bertz CT molecular complexity index is 1380. The normalized spacial score (nSPS) is 20.3. The summed E-state index contributed by atoms with van der Waals surface area (Å²) in [7, 11) is -2.43. The SMILES string of the molecule is CNS(=O)(=O)c1ccc(C2CC2)cc1NC(=O)N1CC[C@@](c2ccc(C)c(F)c2)(c2ncns2)C1. The van der Waals surface area contributed by atoms with Crippen LogP contribution in [0.4, 0.5) is 14.9 Å². The summed E-state index contributed by atoms with van der Waals surface area (Å²) >= 11 is 1.23. The maximum Gasteiger partial charge on any atom is 0.321 e. The fourth-order valence-corrected chi connectivity index (χ4v) is 6.26. The van der Waals surface area contributed by atoms with Crippen LogP contribution in [0, 0.1) is 12.7 Å². The minimum absolute atomic E-state index is 0.0212. The van der Waals surface area contributed by atoms with E-state index in [1.807, 2.05) is 6.07 Å². The minimum Gasteiger partial charge on any atom is -0.323 e. The van der Waals surface area contributed by atoms with Crippen molar-refractivity contribution in [3.05, 3.63) is 70.2 Å². The number of nitrogens with zero attached hydrogens (tertiary/aromatic N) is 3. The number of sulfonamides is 1. The van der Waals surface area contributed by atoms with Gasteiger partial charge in [-0.15, -0.1) is 0 Å². The Labute approximate surface area is 207 Å². The largest absolute Gasteiger partial charge is 0.323 e. The number of hydrogen-bond acceptors (Lipinski definition) is 6. The Balaban J connectivity index is 1.46. The summed E-state index contributed by atoms with van der Waals surface area (Å²) in [4.78, 5) is 19.4. The third-order valence-electron chi connectivity index (χ3n) is 6.90. The molecule has 3 aromatic rings. The molecule has 2 aliphatic rings. The molecule has 1 aliphatic carbocycles. The van der Waals surface area contributed by atoms with Crippen molar-refractivity contribution in [3.63, 3.8) is 0 Å². The number of benzene rings is 2. The maximum atomic E-state index is 14.5. The van der Waals surface area contributed by atoms with Crippen molar-refractivity contribution in [2.45, 2.75) is 42.4 Å². The molecular formula is C24H26FN5O3S2. The molecular weight excluding hydrogens is 489 g/mol. The van der Waals surface area contributed by atoms with E-state index in [1.54, 1.807) is 36.1 Å². The second kappa shape index (κ2) is 8.96. The molecule has 2 N–H and O–H groups in total. The van der Waals surface area contributed by atoms with Gasteiger partial charge in [-0.2, -0.15) is 4.37 Å². The first-order valence-corrected chi connectivity index (χ1v) is 13.7. The Morgan fingerprint density at radius 2 is 2.03 bits per heavy atom. The van der Waals surface area contributed by atoms with Crippen molar-refractivity contribution in [2.24, 2.45) is 0 Å². The number of nitrogens with one attached hydrogen (secondary N) is 2. The topological polar surface area (TPSA) is 104 Å². The number of hydrogen-bond donors (Lipinski definition) is 2. The Hall–Kier alpha value is -2.89. The van der Waals surface area contributed by atoms with E-state index in [0.717, 1.165) is 24.0 Å². The van der Waals surface area contributed by atoms with Gasteiger partial charge in [-0.25, -0.2) is 27.3 Å². The maximum absolute atomic E-state index is 14.5. The first-order valence-electron chi connectivity index (χ1n) is 11.4. The second-order valence-corrected chi connectivity index (χ2v) is 11.8. The van der Waals surface area contributed by atoms with Crippen LogP contribution in [-0.2, 0) is 15.4 Å². The Morgan fingerprint density at radius 1 is 1.23 bits per heavy atom. The highest BCUT2D eigenvalue weighted by molar-refractivity contribution is 7.89. The molecule has 1 aliphatic heterocycles. The predicted molar refractivity (Wildman–Crippen MR) is 132 cm³/mol. The third kappa shape index (κ3) is 4.43. The molecule has 2 aromatic carbocycles. The second-order valence-electron chi connectivity index (χ2n) is 9.13. The molecule has 184 valence electrons. The van der Waals surface area contributed by atoms with E-state index in [2.05, 4.69) is 19.4 Å². The van der Waals surface area contributed by atoms with Crippen LogP contribution in [0.2, 0.25) is 0 Å². The molecule has 1 saturated heterocycles. The first kappa shape index (κ1) is 23.8. The molecule has 0 unspecified atom stereocenters. The van der Waals surface area contributed by atoms with Gasteiger partial charge < -0.3 is 10.2 Å². The van der Waals surface area contributed by atoms with Crippen LogP contribution >= 0.6 is 11.5 Å². The Morgan fingerprint density at radius 3 is 2.69 bits per heavy atom. The number of carbonyl (C=O) groups excluding carboxylic acids is 1. The zero-order valence-electron chi connectivity index (χ0n) is 19.4. The molecule has 0 radical (unpaired) electrons. The zero-order chi connectivity index (χ0) is 24.8. The Kier molecular flexibility index (Phi) is 6.10. The summed E-state index contributed by atoms with van der Waals surface area (Å²) in [6.45, 7) is 2.38. The van der Waals surface area contributed by atoms with Crippen molar-refractivity contribution in [1.29, 1.82) is 0 Å². The fourth-order valence-electron chi connectivity index (χ4n) is 4.65. The van der Waals surface area contributed by atoms with Crippen LogP contribution < -0.4 is 10.0 Å². The van der Waals surface area contributed by atoms with Gasteiger partial charge in [-0.3, -0.25) is 0 Å². The highest BCUT2D eigenvalue weighted by Crippen LogP contribution is 2.43. The summed E-state index contributed by atoms with van der Waals surface area (Å²) in [6.07, 6.45) is 4.11. The van der Waals surface area contributed by atoms with Gasteiger partial charge >= 0.3 is 6.03 Å². The van der Waals surface area contributed by atoms with Gasteiger partial charge in [0.25, 0.3) is 0 Å². The van der Waals surface area contributed by atoms with Crippen molar-refractivity contribution in [3.8, 4) is 0 Å². The lowest BCUT2D eigenvalue weighted by molar-refractivity contribution is 0.220. The average Bonchev–Trinajstić information content (AvgIpc) is 3.35. The molecule has 2 amide bonds. The highest BCUT2D eigenvalue weighted by atomic mass is 32.2. The van der Waals surface area contributed by atoms with E-state index in [4.69, 9.17) is 0 Å². The van der Waals surface area contributed by atoms with E-state index in [-0.39, 0.29) is 22.9 Å². The van der Waals surface area contributed by atoms with Gasteiger partial charge in [0.1, 0.15) is 22.0 Å². The fraction of sp³-hybridized carbons (Fsp3) is 0.375. The number of halogens is 1. The van der Waals surface area contributed by atoms with E-state index >= 15 is 0 Å². The lowest BCUT2D eigenvalue weighted by atomic mass is 9.80. The summed E-state index contributed by atoms with van der Waals surface area (Å²) in [5, 5.41) is 3.55. The van der Waals surface area contributed by atoms with Gasteiger partial charge in [-0.1, -0.05) is 18.2 Å². The molecule has 1 saturated carbocycles. The monoisotopic (exact) mass is 515 g/mol. The molecule has 1 aromatic heterocycles. The van der Waals surface area contributed by atoms with Crippen molar-refractivity contribution < 1.29 is 17.6 Å². The van der Waals surface area contributed by atoms with E-state index in [1.165, 1.54) is 31.0 Å². The number of aryl methyl sites for hydroxylation is 1. The van der Waals surface area contributed by atoms with Crippen LogP contribution in [-0.4, -0.2) is 48.8 Å². The van der Waals surface area contributed by atoms with Crippen molar-refractivity contribution in [1.82, 2.24) is 19.0 Å². The molecule has 2 heterocycles. The van der Waals surface area contributed by atoms with Gasteiger partial charge in [0.2, 0.25) is 10.0 Å². The number of anilines is 1. The number of likely N-dealkylation sites (tertiary alicyclic amines) is 1. The van der Waals surface area contributed by atoms with Crippen LogP contribution in [0.1, 0.15) is 46.9 Å². The molecule has 5 rings (SSSR count). The summed E-state index contributed by atoms with van der Waals surface area (Å²) in [5.74, 6) is 0.0818. The summed E-state index contributed by atoms with van der Waals surface area (Å²) < 4.78 is 46.2. The molecule has 8 nitrogen and oxygen atoms in total. The molecule has 11 heteroatoms. The lowest BCUT2D eigenvalue weighted by Gasteiger charge is -2.28. The molecule has 0 bridgehead atoms. The van der Waals surface area contributed by atoms with Crippen LogP contribution in [0.5, 0.6) is 0 Å². The van der Waals surface area contributed by atoms with Gasteiger partial charge in [0.05, 0.1) is 11.1 Å². The number of rotatable bonds is 6. The number of carbonyl (C=O) groups is 1. The quantitative estimate of drug-likeness (QED) is 0.517. The van der Waals surface area contributed by atoms with E-state index in [0.29, 0.717) is 29.5 Å². The smallest absolute Gasteiger partial charge is 0.321 e. The molecule has 2 fully saturated rings. The van der Waals surface area contributed by atoms with Gasteiger partial charge in [0.15, 0.2) is 0 Å². The number of amides is 2. The van der Waals surface area contributed by atoms with Crippen molar-refractivity contribution in [2.75, 3.05) is 25.5 Å². The zero-order valence-corrected chi connectivity index (χ0v) is 21.0. The van der Waals surface area contributed by atoms with Gasteiger partial charge in [-0.05, 0) is 85.6 Å². The average molecular weight is 516 g/mol. The van der Waals surface area contributed by atoms with Crippen LogP contribution in [0.3, 0.4) is 0 Å². The molecule has 0 spiro atoms. The number of aromatic nitrogens is 2. The lowest BCUT2D eigenvalue weighted by Crippen LogP contribution is -2.38. The predicted octanol–water partition coefficient (Wildman–Crippen LogP) is 4.00. The summed E-state index contributed by atoms with van der Waals surface area (Å²) in [6, 6.07) is 9.80. The molecule has 1 atom stereocenters. The highest BCUT2D eigenvalue weighted by Gasteiger charge is 2.45. The first-order chi connectivity index (χ1) is 16.7. The van der Waals surface area contributed by atoms with E-state index < -0.39 is 21.5 Å². The minimum atomic E-state index is -3.77. The number of urea groups is 1. The van der Waals surface area contributed by atoms with Crippen molar-refractivity contribution >= 4 is 33.3 Å². The third-order valence-corrected chi connectivity index (χ3v) is 9.25. The van der Waals surface area contributed by atoms with E-state index in [9.17, 15) is 17.6 Å². The standard InChI is InChI=1S/C24H26FN5O3S2/c1-15-3-7-18(12-19(15)25)24(22-27-14-28-34-22)9-10-30(13-24)23(31)29-20-11-17(16-4-5-16)6-8-21(20)35(32,33)26-2/h3,6-8,11-12,14,16,26H,4-5,9-10,13H2,1-2H3,(H,29,31)/t24-/m1/s1. The molecule has 35 heavy (non-hydrogen) atoms.